The van der Waals surface area contributed by atoms with Gasteiger partial charge in [0.05, 0.1) is 20.8 Å². The normalized spacial score (nSPS) is 11.3. The smallest absolute Gasteiger partial charge is 0.254 e. The summed E-state index contributed by atoms with van der Waals surface area (Å²) in [7, 11) is -0.653. The number of thiophene rings is 1. The molecule has 0 spiro atoms. The fourth-order valence-electron chi connectivity index (χ4n) is 4.20. The van der Waals surface area contributed by atoms with Crippen molar-refractivity contribution in [3.05, 3.63) is 92.7 Å². The number of nitrogens with zero attached hydrogens (tertiary/aromatic N) is 2. The highest BCUT2D eigenvalue weighted by Gasteiger charge is 2.25. The van der Waals surface area contributed by atoms with Gasteiger partial charge in [0.1, 0.15) is 32.2 Å². The van der Waals surface area contributed by atoms with Gasteiger partial charge in [-0.05, 0) is 48.9 Å². The van der Waals surface area contributed by atoms with Gasteiger partial charge in [-0.25, -0.2) is 13.4 Å². The second-order valence-corrected chi connectivity index (χ2v) is 13.2. The van der Waals surface area contributed by atoms with E-state index in [4.69, 9.17) is 9.47 Å². The van der Waals surface area contributed by atoms with E-state index in [9.17, 15) is 18.0 Å². The van der Waals surface area contributed by atoms with E-state index in [0.717, 1.165) is 23.3 Å². The van der Waals surface area contributed by atoms with E-state index in [2.05, 4.69) is 4.98 Å². The van der Waals surface area contributed by atoms with Crippen molar-refractivity contribution in [2.45, 2.75) is 30.5 Å². The van der Waals surface area contributed by atoms with E-state index in [1.165, 1.54) is 23.0 Å². The van der Waals surface area contributed by atoms with E-state index in [1.807, 2.05) is 37.3 Å². The first-order chi connectivity index (χ1) is 19.2. The molecule has 0 atom stereocenters. The number of benzene rings is 2. The lowest BCUT2D eigenvalue weighted by Gasteiger charge is -2.23. The van der Waals surface area contributed by atoms with Crippen LogP contribution in [0.25, 0.3) is 0 Å². The summed E-state index contributed by atoms with van der Waals surface area (Å²) in [4.78, 5) is 32.6. The van der Waals surface area contributed by atoms with Crippen LogP contribution in [0.5, 0.6) is 11.5 Å². The zero-order valence-electron chi connectivity index (χ0n) is 22.5. The Balaban J connectivity index is 1.54. The van der Waals surface area contributed by atoms with Gasteiger partial charge >= 0.3 is 0 Å². The van der Waals surface area contributed by atoms with Crippen molar-refractivity contribution < 1.29 is 27.5 Å². The van der Waals surface area contributed by atoms with Gasteiger partial charge in [-0.1, -0.05) is 36.4 Å². The number of aromatic nitrogens is 1. The zero-order chi connectivity index (χ0) is 28.7. The molecule has 0 saturated heterocycles. The summed E-state index contributed by atoms with van der Waals surface area (Å²) in [5, 5.41) is 3.74. The lowest BCUT2D eigenvalue weighted by Crippen LogP contribution is -2.32. The molecule has 2 aromatic heterocycles. The van der Waals surface area contributed by atoms with Crippen molar-refractivity contribution in [1.29, 1.82) is 0 Å². The van der Waals surface area contributed by atoms with Gasteiger partial charge in [0, 0.05) is 23.1 Å². The van der Waals surface area contributed by atoms with Crippen molar-refractivity contribution in [2.24, 2.45) is 0 Å². The number of thiazole rings is 1. The maximum absolute atomic E-state index is 13.7. The van der Waals surface area contributed by atoms with Crippen molar-refractivity contribution in [2.75, 3.05) is 26.5 Å². The number of aryl methyl sites for hydroxylation is 1. The van der Waals surface area contributed by atoms with Gasteiger partial charge in [-0.15, -0.1) is 22.7 Å². The Morgan fingerprint density at radius 1 is 0.975 bits per heavy atom. The van der Waals surface area contributed by atoms with E-state index < -0.39 is 21.4 Å². The minimum absolute atomic E-state index is 0.0792. The van der Waals surface area contributed by atoms with E-state index >= 15 is 0 Å². The van der Waals surface area contributed by atoms with Crippen LogP contribution in [0.15, 0.2) is 69.6 Å². The summed E-state index contributed by atoms with van der Waals surface area (Å²) in [6, 6.07) is 16.5. The first-order valence-corrected chi connectivity index (χ1v) is 15.9. The third kappa shape index (κ3) is 7.15. The minimum Gasteiger partial charge on any atom is -0.496 e. The molecule has 4 rings (SSSR count). The van der Waals surface area contributed by atoms with Gasteiger partial charge < -0.3 is 14.4 Å². The fourth-order valence-corrected chi connectivity index (χ4v) is 7.31. The molecule has 0 aliphatic heterocycles. The van der Waals surface area contributed by atoms with Gasteiger partial charge in [0.2, 0.25) is 0 Å². The second-order valence-electron chi connectivity index (χ2n) is 9.06. The van der Waals surface area contributed by atoms with Crippen molar-refractivity contribution in [3.8, 4) is 11.5 Å². The number of sulfone groups is 1. The molecular weight excluding hydrogens is 569 g/mol. The molecule has 2 heterocycles. The quantitative estimate of drug-likeness (QED) is 0.188. The Morgan fingerprint density at radius 2 is 1.68 bits per heavy atom. The maximum atomic E-state index is 13.7. The molecule has 0 N–H and O–H groups in total. The number of carbonyl (C=O) groups excluding carboxylic acids is 2. The summed E-state index contributed by atoms with van der Waals surface area (Å²) >= 11 is 2.30. The molecule has 0 radical (unpaired) electrons. The SMILES string of the molecule is COc1cc(C(=O)N(CCCc2ccccc2)Cc2nc(C(=O)CS(=O)(=O)c3cccs3)cs2)cc(OC)c1C. The van der Waals surface area contributed by atoms with Crippen LogP contribution in [0, 0.1) is 6.92 Å². The molecule has 0 saturated carbocycles. The first-order valence-electron chi connectivity index (χ1n) is 12.5. The summed E-state index contributed by atoms with van der Waals surface area (Å²) in [5.41, 5.74) is 2.45. The van der Waals surface area contributed by atoms with Gasteiger partial charge in [-0.2, -0.15) is 0 Å². The Morgan fingerprint density at radius 3 is 2.30 bits per heavy atom. The first kappa shape index (κ1) is 29.4. The Bertz CT molecular complexity index is 1540. The Kier molecular flexibility index (Phi) is 9.72. The lowest BCUT2D eigenvalue weighted by molar-refractivity contribution is 0.0740. The third-order valence-electron chi connectivity index (χ3n) is 6.31. The number of ether oxygens (including phenoxy) is 2. The number of carbonyl (C=O) groups is 2. The molecule has 8 nitrogen and oxygen atoms in total. The molecule has 0 aliphatic rings. The van der Waals surface area contributed by atoms with Crippen molar-refractivity contribution >= 4 is 44.2 Å². The zero-order valence-corrected chi connectivity index (χ0v) is 24.9. The topological polar surface area (TPSA) is 103 Å². The van der Waals surface area contributed by atoms with Crippen LogP contribution in [0.4, 0.5) is 0 Å². The summed E-state index contributed by atoms with van der Waals surface area (Å²) in [6.07, 6.45) is 1.50. The number of amides is 1. The van der Waals surface area contributed by atoms with E-state index in [-0.39, 0.29) is 22.4 Å². The number of rotatable bonds is 13. The molecule has 0 unspecified atom stereocenters. The Labute approximate surface area is 242 Å². The van der Waals surface area contributed by atoms with Crippen molar-refractivity contribution in [3.63, 3.8) is 0 Å². The standard InChI is InChI=1S/C29H30N2O6S3/c1-20-25(36-2)15-22(16-26(20)37-3)29(33)31(13-7-11-21-9-5-4-6-10-21)17-27-30-23(18-39-27)24(32)19-40(34,35)28-12-8-14-38-28/h4-6,8-10,12,14-16,18H,7,11,13,17,19H2,1-3H3. The van der Waals surface area contributed by atoms with E-state index in [0.29, 0.717) is 35.0 Å². The number of hydrogen-bond donors (Lipinski definition) is 0. The van der Waals surface area contributed by atoms with E-state index in [1.54, 1.807) is 48.1 Å². The molecular formula is C29H30N2O6S3. The number of ketones is 1. The molecule has 40 heavy (non-hydrogen) atoms. The van der Waals surface area contributed by atoms with Gasteiger partial charge in [0.15, 0.2) is 15.6 Å². The minimum atomic E-state index is -3.74. The lowest BCUT2D eigenvalue weighted by atomic mass is 10.1. The molecule has 210 valence electrons. The second kappa shape index (κ2) is 13.2. The fraction of sp³-hybridized carbons (Fsp3) is 0.276. The highest BCUT2D eigenvalue weighted by atomic mass is 32.2. The van der Waals surface area contributed by atoms with Crippen LogP contribution in [0.3, 0.4) is 0 Å². The monoisotopic (exact) mass is 598 g/mol. The van der Waals surface area contributed by atoms with Crippen LogP contribution in [-0.2, 0) is 22.8 Å². The number of hydrogen-bond acceptors (Lipinski definition) is 9. The highest BCUT2D eigenvalue weighted by Crippen LogP contribution is 2.30. The van der Waals surface area contributed by atoms with Crippen molar-refractivity contribution in [1.82, 2.24) is 9.88 Å². The molecule has 2 aromatic carbocycles. The molecule has 0 fully saturated rings. The predicted molar refractivity (Wildman–Crippen MR) is 157 cm³/mol. The average Bonchev–Trinajstić information content (AvgIpc) is 3.66. The van der Waals surface area contributed by atoms with Crippen LogP contribution < -0.4 is 9.47 Å². The maximum Gasteiger partial charge on any atom is 0.254 e. The van der Waals surface area contributed by atoms with Crippen LogP contribution in [-0.4, -0.2) is 56.5 Å². The molecule has 1 amide bonds. The van der Waals surface area contributed by atoms with Gasteiger partial charge in [0.25, 0.3) is 5.91 Å². The largest absolute Gasteiger partial charge is 0.496 e. The van der Waals surface area contributed by atoms with Crippen LogP contribution in [0.2, 0.25) is 0 Å². The Hall–Kier alpha value is -3.54. The predicted octanol–water partition coefficient (Wildman–Crippen LogP) is 5.46. The third-order valence-corrected chi connectivity index (χ3v) is 10.2. The molecule has 0 bridgehead atoms. The molecule has 4 aromatic rings. The van der Waals surface area contributed by atoms with Gasteiger partial charge in [-0.3, -0.25) is 9.59 Å². The summed E-state index contributed by atoms with van der Waals surface area (Å²) in [6.45, 7) is 2.47. The molecule has 0 aliphatic carbocycles. The van der Waals surface area contributed by atoms with Crippen LogP contribution in [0.1, 0.15) is 43.4 Å². The number of Topliss-reactive ketones (excluding diaryl/α,β-unsaturated/α-hetero) is 1. The summed E-state index contributed by atoms with van der Waals surface area (Å²) < 4.78 is 36.2. The summed E-state index contributed by atoms with van der Waals surface area (Å²) in [5.74, 6) is -0.375. The van der Waals surface area contributed by atoms with Crippen LogP contribution >= 0.6 is 22.7 Å². The average molecular weight is 599 g/mol. The number of methoxy groups -OCH3 is 2. The highest BCUT2D eigenvalue weighted by molar-refractivity contribution is 7.94. The molecule has 11 heteroatoms.